The number of urea groups is 1. The van der Waals surface area contributed by atoms with Crippen LogP contribution < -0.4 is 10.6 Å². The maximum atomic E-state index is 12.2. The number of carbonyl (C=O) groups excluding carboxylic acids is 1. The average Bonchev–Trinajstić information content (AvgIpc) is 3.13. The molecule has 2 heterocycles. The van der Waals surface area contributed by atoms with Gasteiger partial charge in [0.25, 0.3) is 0 Å². The number of hydrogen-bond donors (Lipinski definition) is 2. The molecule has 1 aliphatic heterocycles. The van der Waals surface area contributed by atoms with E-state index >= 15 is 0 Å². The molecule has 6 heteroatoms. The van der Waals surface area contributed by atoms with Gasteiger partial charge in [-0.25, -0.2) is 4.79 Å². The molecule has 1 aromatic heterocycles. The molecule has 2 N–H and O–H groups in total. The minimum atomic E-state index is -0.202. The van der Waals surface area contributed by atoms with Gasteiger partial charge in [-0.1, -0.05) is 42.5 Å². The van der Waals surface area contributed by atoms with Crippen molar-refractivity contribution in [1.82, 2.24) is 20.1 Å². The number of fused-ring (bicyclic) bond motifs is 1. The Hall–Kier alpha value is -3.15. The standard InChI is InChI=1S/C21H23N5O/c27-21(22-13-12-16-7-2-1-3-8-16)23-18-10-6-9-17(15-18)20-25-24-19-11-4-5-14-26(19)20/h1-3,6-10,15H,4-5,11-14H2,(H2,22,23,27). The van der Waals surface area contributed by atoms with Crippen molar-refractivity contribution in [3.05, 3.63) is 66.0 Å². The van der Waals surface area contributed by atoms with E-state index in [1.807, 2.05) is 42.5 Å². The van der Waals surface area contributed by atoms with Crippen LogP contribution >= 0.6 is 0 Å². The van der Waals surface area contributed by atoms with Crippen LogP contribution in [-0.2, 0) is 19.4 Å². The zero-order valence-electron chi connectivity index (χ0n) is 15.2. The summed E-state index contributed by atoms with van der Waals surface area (Å²) in [6.45, 7) is 1.54. The van der Waals surface area contributed by atoms with Gasteiger partial charge in [0.15, 0.2) is 5.82 Å². The number of nitrogens with zero attached hydrogens (tertiary/aromatic N) is 3. The first-order valence-electron chi connectivity index (χ1n) is 9.41. The minimum absolute atomic E-state index is 0.202. The van der Waals surface area contributed by atoms with E-state index in [2.05, 4.69) is 37.5 Å². The smallest absolute Gasteiger partial charge is 0.319 e. The fraction of sp³-hybridized carbons (Fsp3) is 0.286. The molecule has 0 spiro atoms. The van der Waals surface area contributed by atoms with Crippen LogP contribution in [0.1, 0.15) is 24.2 Å². The summed E-state index contributed by atoms with van der Waals surface area (Å²) in [6.07, 6.45) is 4.11. The number of aromatic nitrogens is 3. The summed E-state index contributed by atoms with van der Waals surface area (Å²) in [5, 5.41) is 14.5. The van der Waals surface area contributed by atoms with Gasteiger partial charge in [-0.3, -0.25) is 0 Å². The second kappa shape index (κ2) is 8.03. The zero-order valence-corrected chi connectivity index (χ0v) is 15.2. The second-order valence-electron chi connectivity index (χ2n) is 6.75. The van der Waals surface area contributed by atoms with Crippen molar-refractivity contribution >= 4 is 11.7 Å². The molecule has 1 aliphatic rings. The first kappa shape index (κ1) is 17.3. The van der Waals surface area contributed by atoms with Crippen LogP contribution in [0.5, 0.6) is 0 Å². The van der Waals surface area contributed by atoms with Gasteiger partial charge in [0.1, 0.15) is 5.82 Å². The number of rotatable bonds is 5. The number of anilines is 1. The highest BCUT2D eigenvalue weighted by atomic mass is 16.2. The highest BCUT2D eigenvalue weighted by Gasteiger charge is 2.17. The summed E-state index contributed by atoms with van der Waals surface area (Å²) < 4.78 is 2.18. The highest BCUT2D eigenvalue weighted by Crippen LogP contribution is 2.25. The van der Waals surface area contributed by atoms with Crippen molar-refractivity contribution in [3.8, 4) is 11.4 Å². The van der Waals surface area contributed by atoms with Gasteiger partial charge in [0.05, 0.1) is 0 Å². The van der Waals surface area contributed by atoms with E-state index in [0.29, 0.717) is 6.54 Å². The molecule has 0 bridgehead atoms. The molecular formula is C21H23N5O. The van der Waals surface area contributed by atoms with Crippen LogP contribution in [-0.4, -0.2) is 27.3 Å². The predicted molar refractivity (Wildman–Crippen MR) is 106 cm³/mol. The van der Waals surface area contributed by atoms with Gasteiger partial charge in [0.2, 0.25) is 0 Å². The number of nitrogens with one attached hydrogen (secondary N) is 2. The number of benzene rings is 2. The number of hydrogen-bond acceptors (Lipinski definition) is 3. The fourth-order valence-corrected chi connectivity index (χ4v) is 3.40. The van der Waals surface area contributed by atoms with Gasteiger partial charge >= 0.3 is 6.03 Å². The van der Waals surface area contributed by atoms with Gasteiger partial charge in [-0.05, 0) is 37.0 Å². The summed E-state index contributed by atoms with van der Waals surface area (Å²) >= 11 is 0. The summed E-state index contributed by atoms with van der Waals surface area (Å²) in [4.78, 5) is 12.2. The van der Waals surface area contributed by atoms with E-state index in [4.69, 9.17) is 0 Å². The topological polar surface area (TPSA) is 71.8 Å². The van der Waals surface area contributed by atoms with Crippen LogP contribution in [0.3, 0.4) is 0 Å². The molecule has 0 radical (unpaired) electrons. The van der Waals surface area contributed by atoms with E-state index < -0.39 is 0 Å². The number of carbonyl (C=O) groups is 1. The Morgan fingerprint density at radius 2 is 1.93 bits per heavy atom. The molecule has 0 fully saturated rings. The highest BCUT2D eigenvalue weighted by molar-refractivity contribution is 5.89. The lowest BCUT2D eigenvalue weighted by Crippen LogP contribution is -2.30. The third-order valence-corrected chi connectivity index (χ3v) is 4.78. The maximum Gasteiger partial charge on any atom is 0.319 e. The van der Waals surface area contributed by atoms with Gasteiger partial charge in [-0.15, -0.1) is 10.2 Å². The third kappa shape index (κ3) is 4.16. The lowest BCUT2D eigenvalue weighted by molar-refractivity contribution is 0.252. The molecule has 0 atom stereocenters. The fourth-order valence-electron chi connectivity index (χ4n) is 3.40. The SMILES string of the molecule is O=C(NCCc1ccccc1)Nc1cccc(-c2nnc3n2CCCC3)c1. The molecule has 4 rings (SSSR count). The van der Waals surface area contributed by atoms with E-state index in [1.54, 1.807) is 0 Å². The van der Waals surface area contributed by atoms with E-state index in [0.717, 1.165) is 48.7 Å². The first-order valence-corrected chi connectivity index (χ1v) is 9.41. The Morgan fingerprint density at radius 3 is 2.81 bits per heavy atom. The zero-order chi connectivity index (χ0) is 18.5. The summed E-state index contributed by atoms with van der Waals surface area (Å²) in [6, 6.07) is 17.7. The van der Waals surface area contributed by atoms with Crippen molar-refractivity contribution in [2.75, 3.05) is 11.9 Å². The Kier molecular flexibility index (Phi) is 5.14. The average molecular weight is 361 g/mol. The van der Waals surface area contributed by atoms with Gasteiger partial charge < -0.3 is 15.2 Å². The molecule has 6 nitrogen and oxygen atoms in total. The van der Waals surface area contributed by atoms with Crippen molar-refractivity contribution in [1.29, 1.82) is 0 Å². The van der Waals surface area contributed by atoms with Crippen molar-refractivity contribution < 1.29 is 4.79 Å². The van der Waals surface area contributed by atoms with E-state index in [1.165, 1.54) is 12.0 Å². The van der Waals surface area contributed by atoms with Crippen LogP contribution in [0.4, 0.5) is 10.5 Å². The molecule has 0 saturated carbocycles. The Morgan fingerprint density at radius 1 is 1.04 bits per heavy atom. The van der Waals surface area contributed by atoms with Crippen LogP contribution in [0.25, 0.3) is 11.4 Å². The van der Waals surface area contributed by atoms with Gasteiger partial charge in [0, 0.05) is 30.8 Å². The normalized spacial score (nSPS) is 13.0. The van der Waals surface area contributed by atoms with E-state index in [-0.39, 0.29) is 6.03 Å². The monoisotopic (exact) mass is 361 g/mol. The summed E-state index contributed by atoms with van der Waals surface area (Å²) in [5.41, 5.74) is 2.92. The molecule has 138 valence electrons. The Labute approximate surface area is 158 Å². The van der Waals surface area contributed by atoms with Crippen LogP contribution in [0, 0.1) is 0 Å². The largest absolute Gasteiger partial charge is 0.338 e. The second-order valence-corrected chi connectivity index (χ2v) is 6.75. The quantitative estimate of drug-likeness (QED) is 0.729. The Bertz CT molecular complexity index is 919. The first-order chi connectivity index (χ1) is 13.3. The minimum Gasteiger partial charge on any atom is -0.338 e. The molecule has 0 saturated heterocycles. The van der Waals surface area contributed by atoms with Gasteiger partial charge in [-0.2, -0.15) is 0 Å². The predicted octanol–water partition coefficient (Wildman–Crippen LogP) is 3.65. The Balaban J connectivity index is 1.38. The van der Waals surface area contributed by atoms with Crippen molar-refractivity contribution in [3.63, 3.8) is 0 Å². The van der Waals surface area contributed by atoms with Crippen LogP contribution in [0.2, 0.25) is 0 Å². The molecule has 27 heavy (non-hydrogen) atoms. The molecule has 2 aromatic carbocycles. The number of aryl methyl sites for hydroxylation is 1. The van der Waals surface area contributed by atoms with Crippen LogP contribution in [0.15, 0.2) is 54.6 Å². The van der Waals surface area contributed by atoms with Crippen molar-refractivity contribution in [2.24, 2.45) is 0 Å². The van der Waals surface area contributed by atoms with E-state index in [9.17, 15) is 4.79 Å². The van der Waals surface area contributed by atoms with Crippen molar-refractivity contribution in [2.45, 2.75) is 32.2 Å². The molecular weight excluding hydrogens is 338 g/mol. The summed E-state index contributed by atoms with van der Waals surface area (Å²) in [7, 11) is 0. The lowest BCUT2D eigenvalue weighted by Gasteiger charge is -2.15. The number of amides is 2. The molecule has 2 amide bonds. The lowest BCUT2D eigenvalue weighted by atomic mass is 10.1. The molecule has 0 aliphatic carbocycles. The maximum absolute atomic E-state index is 12.2. The molecule has 0 unspecified atom stereocenters. The molecule has 3 aromatic rings. The summed E-state index contributed by atoms with van der Waals surface area (Å²) in [5.74, 6) is 1.92. The third-order valence-electron chi connectivity index (χ3n) is 4.78.